The van der Waals surface area contributed by atoms with Gasteiger partial charge in [0.2, 0.25) is 0 Å². The number of alkyl halides is 3. The molecule has 200 valence electrons. The Kier molecular flexibility index (Phi) is 7.61. The molecule has 7 N–H and O–H groups in total. The molecule has 0 radical (unpaired) electrons. The number of ether oxygens (including phenoxy) is 1. The number of halogens is 3. The summed E-state index contributed by atoms with van der Waals surface area (Å²) in [6, 6.07) is 3.53. The van der Waals surface area contributed by atoms with Crippen molar-refractivity contribution < 1.29 is 38.0 Å². The van der Waals surface area contributed by atoms with Crippen LogP contribution in [-0.2, 0) is 22.3 Å². The Balaban J connectivity index is 1.54. The van der Waals surface area contributed by atoms with Gasteiger partial charge in [-0.1, -0.05) is 18.2 Å². The fourth-order valence-electron chi connectivity index (χ4n) is 4.20. The first kappa shape index (κ1) is 26.7. The molecule has 0 saturated carbocycles. The number of hydrogen-bond acceptors (Lipinski definition) is 10. The Morgan fingerprint density at radius 3 is 2.68 bits per heavy atom. The van der Waals surface area contributed by atoms with Gasteiger partial charge < -0.3 is 31.5 Å². The van der Waals surface area contributed by atoms with Crippen molar-refractivity contribution in [2.45, 2.75) is 49.7 Å². The number of aliphatic hydroxyl groups is 2. The minimum atomic E-state index is -4.53. The van der Waals surface area contributed by atoms with Crippen LogP contribution in [0.25, 0.3) is 11.2 Å². The molecule has 0 unspecified atom stereocenters. The van der Waals surface area contributed by atoms with Crippen LogP contribution in [0, 0.1) is 0 Å². The van der Waals surface area contributed by atoms with E-state index >= 15 is 0 Å². The summed E-state index contributed by atoms with van der Waals surface area (Å²) in [7, 11) is 0. The van der Waals surface area contributed by atoms with Gasteiger partial charge in [0, 0.05) is 19.6 Å². The van der Waals surface area contributed by atoms with Gasteiger partial charge in [0.25, 0.3) is 0 Å². The molecule has 1 fully saturated rings. The van der Waals surface area contributed by atoms with E-state index in [1.807, 2.05) is 0 Å². The Morgan fingerprint density at radius 1 is 1.22 bits per heavy atom. The fourth-order valence-corrected chi connectivity index (χ4v) is 4.20. The van der Waals surface area contributed by atoms with Crippen molar-refractivity contribution in [2.24, 2.45) is 5.73 Å². The predicted octanol–water partition coefficient (Wildman–Crippen LogP) is 0.351. The second kappa shape index (κ2) is 10.5. The highest BCUT2D eigenvalue weighted by Gasteiger charge is 2.45. The first-order valence-corrected chi connectivity index (χ1v) is 11.3. The van der Waals surface area contributed by atoms with Gasteiger partial charge in [-0.25, -0.2) is 15.0 Å². The zero-order valence-electron chi connectivity index (χ0n) is 19.4. The van der Waals surface area contributed by atoms with Crippen molar-refractivity contribution in [3.8, 4) is 0 Å². The van der Waals surface area contributed by atoms with Crippen molar-refractivity contribution in [1.82, 2.24) is 24.4 Å². The molecule has 1 aromatic carbocycles. The summed E-state index contributed by atoms with van der Waals surface area (Å²) in [5.41, 5.74) is 11.5. The van der Waals surface area contributed by atoms with E-state index in [0.29, 0.717) is 5.56 Å². The van der Waals surface area contributed by atoms with Crippen molar-refractivity contribution in [3.05, 3.63) is 48.0 Å². The van der Waals surface area contributed by atoms with Crippen molar-refractivity contribution in [3.63, 3.8) is 0 Å². The van der Waals surface area contributed by atoms with Crippen LogP contribution in [0.15, 0.2) is 36.9 Å². The molecule has 1 aliphatic rings. The lowest BCUT2D eigenvalue weighted by molar-refractivity contribution is -0.139. The second-order valence-corrected chi connectivity index (χ2v) is 8.80. The van der Waals surface area contributed by atoms with E-state index in [-0.39, 0.29) is 43.0 Å². The van der Waals surface area contributed by atoms with Crippen LogP contribution in [0.2, 0.25) is 0 Å². The van der Waals surface area contributed by atoms with Crippen molar-refractivity contribution in [1.29, 1.82) is 0 Å². The van der Waals surface area contributed by atoms with Crippen molar-refractivity contribution >= 4 is 23.0 Å². The molecule has 0 aliphatic carbocycles. The Bertz CT molecular complexity index is 1260. The Hall–Kier alpha value is -3.37. The number of carbonyl (C=O) groups is 1. The molecule has 1 aliphatic heterocycles. The third-order valence-corrected chi connectivity index (χ3v) is 6.17. The van der Waals surface area contributed by atoms with E-state index in [2.05, 4.69) is 15.0 Å². The van der Waals surface area contributed by atoms with Gasteiger partial charge in [0.05, 0.1) is 11.9 Å². The average molecular weight is 525 g/mol. The van der Waals surface area contributed by atoms with Crippen LogP contribution in [0.1, 0.15) is 23.8 Å². The number of fused-ring (bicyclic) bond motifs is 1. The summed E-state index contributed by atoms with van der Waals surface area (Å²) >= 11 is 0. The highest BCUT2D eigenvalue weighted by atomic mass is 19.4. The van der Waals surface area contributed by atoms with Crippen LogP contribution >= 0.6 is 0 Å². The third-order valence-electron chi connectivity index (χ3n) is 6.17. The van der Waals surface area contributed by atoms with Crippen LogP contribution in [0.4, 0.5) is 19.0 Å². The molecule has 15 heteroatoms. The number of hydrogen-bond donors (Lipinski definition) is 5. The maximum atomic E-state index is 13.2. The first-order valence-electron chi connectivity index (χ1n) is 11.3. The number of rotatable bonds is 9. The zero-order chi connectivity index (χ0) is 26.9. The predicted molar refractivity (Wildman–Crippen MR) is 123 cm³/mol. The molecule has 5 atom stereocenters. The van der Waals surface area contributed by atoms with Gasteiger partial charge >= 0.3 is 12.1 Å². The topological polar surface area (TPSA) is 186 Å². The number of carboxylic acid groups (broad SMARTS) is 1. The van der Waals surface area contributed by atoms with Gasteiger partial charge in [0.1, 0.15) is 36.2 Å². The van der Waals surface area contributed by atoms with E-state index < -0.39 is 48.3 Å². The number of nitrogen functional groups attached to an aromatic ring is 1. The number of benzene rings is 1. The number of nitrogens with two attached hydrogens (primary N) is 2. The van der Waals surface area contributed by atoms with Gasteiger partial charge in [-0.3, -0.25) is 14.3 Å². The van der Waals surface area contributed by atoms with Crippen LogP contribution < -0.4 is 11.5 Å². The van der Waals surface area contributed by atoms with E-state index in [1.165, 1.54) is 29.4 Å². The van der Waals surface area contributed by atoms with E-state index in [9.17, 15) is 28.2 Å². The highest BCUT2D eigenvalue weighted by molar-refractivity contribution is 5.81. The molecule has 0 bridgehead atoms. The quantitative estimate of drug-likeness (QED) is 0.260. The smallest absolute Gasteiger partial charge is 0.416 e. The standard InChI is InChI=1S/C22H26F3N7O5/c23-22(24,25)12-3-1-2-11(6-12)7-31(5-4-13(26)21(35)36)8-14-16(33)17(34)20(37-14)32-10-30-15-18(27)28-9-29-19(15)32/h1-3,6,9-10,13-14,16-17,20,33-34H,4-5,7-8,26H2,(H,35,36)(H2,27,28,29)/t13-,14+,16+,17+,20+/m0/s1. The minimum absolute atomic E-state index is 0.00848. The molecule has 0 amide bonds. The number of imidazole rings is 1. The molecule has 2 aromatic heterocycles. The number of nitrogens with zero attached hydrogens (tertiary/aromatic N) is 5. The van der Waals surface area contributed by atoms with Crippen molar-refractivity contribution in [2.75, 3.05) is 18.8 Å². The highest BCUT2D eigenvalue weighted by Crippen LogP contribution is 2.33. The summed E-state index contributed by atoms with van der Waals surface area (Å²) in [5.74, 6) is -1.10. The number of anilines is 1. The number of carboxylic acids is 1. The van der Waals surface area contributed by atoms with E-state index in [4.69, 9.17) is 21.3 Å². The minimum Gasteiger partial charge on any atom is -0.480 e. The molecule has 1 saturated heterocycles. The molecule has 3 heterocycles. The number of aromatic nitrogens is 4. The van der Waals surface area contributed by atoms with E-state index in [1.54, 1.807) is 4.90 Å². The second-order valence-electron chi connectivity index (χ2n) is 8.80. The molecule has 3 aromatic rings. The number of aliphatic hydroxyl groups excluding tert-OH is 2. The molecule has 4 rings (SSSR count). The summed E-state index contributed by atoms with van der Waals surface area (Å²) in [5, 5.41) is 30.6. The molecule has 0 spiro atoms. The van der Waals surface area contributed by atoms with Gasteiger partial charge in [0.15, 0.2) is 17.7 Å². The lowest BCUT2D eigenvalue weighted by Crippen LogP contribution is -2.42. The summed E-state index contributed by atoms with van der Waals surface area (Å²) in [6.07, 6.45) is -6.83. The maximum absolute atomic E-state index is 13.2. The zero-order valence-corrected chi connectivity index (χ0v) is 19.4. The SMILES string of the molecule is Nc1ncnc2c1ncn2[C@@H]1O[C@H](CN(CC[C@H](N)C(=O)O)Cc2cccc(C(F)(F)F)c2)[C@@H](O)[C@H]1O. The molecule has 37 heavy (non-hydrogen) atoms. The average Bonchev–Trinajstić information content (AvgIpc) is 3.39. The third kappa shape index (κ3) is 5.80. The number of aliphatic carboxylic acids is 1. The molecular formula is C22H26F3N7O5. The molecular weight excluding hydrogens is 499 g/mol. The van der Waals surface area contributed by atoms with Crippen LogP contribution in [0.3, 0.4) is 0 Å². The summed E-state index contributed by atoms with van der Waals surface area (Å²) in [6.45, 7) is 0.0250. The maximum Gasteiger partial charge on any atom is 0.416 e. The van der Waals surface area contributed by atoms with E-state index in [0.717, 1.165) is 12.1 Å². The lowest BCUT2D eigenvalue weighted by Gasteiger charge is -2.27. The molecule has 12 nitrogen and oxygen atoms in total. The van der Waals surface area contributed by atoms with Gasteiger partial charge in [-0.2, -0.15) is 13.2 Å². The van der Waals surface area contributed by atoms with Crippen LogP contribution in [-0.4, -0.2) is 83.2 Å². The monoisotopic (exact) mass is 525 g/mol. The lowest BCUT2D eigenvalue weighted by atomic mass is 10.1. The Labute approximate surface area is 208 Å². The van der Waals surface area contributed by atoms with Gasteiger partial charge in [-0.15, -0.1) is 0 Å². The first-order chi connectivity index (χ1) is 17.5. The largest absolute Gasteiger partial charge is 0.480 e. The normalized spacial score (nSPS) is 23.1. The fraction of sp³-hybridized carbons (Fsp3) is 0.455. The van der Waals surface area contributed by atoms with Gasteiger partial charge in [-0.05, 0) is 18.1 Å². The summed E-state index contributed by atoms with van der Waals surface area (Å²) < 4.78 is 46.9. The van der Waals surface area contributed by atoms with Crippen LogP contribution in [0.5, 0.6) is 0 Å². The Morgan fingerprint density at radius 2 is 1.97 bits per heavy atom. The summed E-state index contributed by atoms with van der Waals surface area (Å²) in [4.78, 5) is 24.9.